The van der Waals surface area contributed by atoms with Crippen LogP contribution in [0.1, 0.15) is 24.8 Å². The van der Waals surface area contributed by atoms with E-state index in [2.05, 4.69) is 5.32 Å². The number of sulfone groups is 1. The standard InChI is InChI=1S/C20H22ClNO6S/c1-12-7-14(22-19(25)10-23)8-16(21)20(12)28-15-5-6-17(24)18(9-15)29(26,27)11-13-3-2-4-13/h5-9,13,23-24H,2-4,10-11H2,1H3,(H,22,25). The second-order valence-electron chi connectivity index (χ2n) is 7.12. The van der Waals surface area contributed by atoms with Crippen LogP contribution >= 0.6 is 11.6 Å². The lowest BCUT2D eigenvalue weighted by Crippen LogP contribution is -2.22. The maximum atomic E-state index is 12.7. The van der Waals surface area contributed by atoms with Crippen LogP contribution in [0.3, 0.4) is 0 Å². The van der Waals surface area contributed by atoms with Crippen molar-refractivity contribution < 1.29 is 28.2 Å². The van der Waals surface area contributed by atoms with E-state index in [9.17, 15) is 18.3 Å². The highest BCUT2D eigenvalue weighted by Gasteiger charge is 2.28. The van der Waals surface area contributed by atoms with E-state index in [-0.39, 0.29) is 33.1 Å². The molecule has 0 saturated heterocycles. The van der Waals surface area contributed by atoms with Crippen molar-refractivity contribution >= 4 is 33.0 Å². The minimum Gasteiger partial charge on any atom is -0.507 e. The Morgan fingerprint density at radius 3 is 2.59 bits per heavy atom. The van der Waals surface area contributed by atoms with Crippen LogP contribution in [0, 0.1) is 12.8 Å². The molecular weight excluding hydrogens is 418 g/mol. The number of hydrogen-bond donors (Lipinski definition) is 3. The topological polar surface area (TPSA) is 113 Å². The van der Waals surface area contributed by atoms with Gasteiger partial charge in [0.05, 0.1) is 10.8 Å². The zero-order valence-electron chi connectivity index (χ0n) is 15.8. The largest absolute Gasteiger partial charge is 0.507 e. The van der Waals surface area contributed by atoms with Gasteiger partial charge in [-0.15, -0.1) is 0 Å². The summed E-state index contributed by atoms with van der Waals surface area (Å²) in [5.74, 6) is -0.255. The number of hydrogen-bond acceptors (Lipinski definition) is 6. The van der Waals surface area contributed by atoms with Crippen LogP contribution in [0.2, 0.25) is 5.02 Å². The number of aliphatic hydroxyl groups is 1. The van der Waals surface area contributed by atoms with Crippen LogP contribution in [0.4, 0.5) is 5.69 Å². The number of nitrogens with one attached hydrogen (secondary N) is 1. The molecule has 3 N–H and O–H groups in total. The molecule has 3 rings (SSSR count). The summed E-state index contributed by atoms with van der Waals surface area (Å²) in [5.41, 5.74) is 0.992. The van der Waals surface area contributed by atoms with Crippen molar-refractivity contribution in [1.29, 1.82) is 0 Å². The van der Waals surface area contributed by atoms with E-state index < -0.39 is 22.4 Å². The number of amides is 1. The third-order valence-electron chi connectivity index (χ3n) is 4.82. The summed E-state index contributed by atoms with van der Waals surface area (Å²) in [6.45, 7) is 1.06. The number of anilines is 1. The molecule has 0 aromatic heterocycles. The second kappa shape index (κ2) is 8.61. The Hall–Kier alpha value is -2.29. The molecule has 9 heteroatoms. The maximum Gasteiger partial charge on any atom is 0.250 e. The van der Waals surface area contributed by atoms with Crippen molar-refractivity contribution in [3.63, 3.8) is 0 Å². The number of phenolic OH excluding ortho intramolecular Hbond substituents is 1. The van der Waals surface area contributed by atoms with E-state index in [0.29, 0.717) is 17.0 Å². The summed E-state index contributed by atoms with van der Waals surface area (Å²) in [7, 11) is -3.64. The number of carbonyl (C=O) groups excluding carboxylic acids is 1. The Kier molecular flexibility index (Phi) is 6.36. The van der Waals surface area contributed by atoms with Gasteiger partial charge in [0.15, 0.2) is 9.84 Å². The van der Waals surface area contributed by atoms with Crippen LogP contribution < -0.4 is 10.1 Å². The van der Waals surface area contributed by atoms with Crippen LogP contribution in [0.5, 0.6) is 17.2 Å². The lowest BCUT2D eigenvalue weighted by Gasteiger charge is -2.25. The highest BCUT2D eigenvalue weighted by Crippen LogP contribution is 2.38. The van der Waals surface area contributed by atoms with Gasteiger partial charge in [0.25, 0.3) is 0 Å². The van der Waals surface area contributed by atoms with Gasteiger partial charge in [0, 0.05) is 11.8 Å². The minimum atomic E-state index is -3.64. The van der Waals surface area contributed by atoms with E-state index in [1.165, 1.54) is 24.3 Å². The van der Waals surface area contributed by atoms with Gasteiger partial charge in [-0.3, -0.25) is 4.79 Å². The molecule has 7 nitrogen and oxygen atoms in total. The highest BCUT2D eigenvalue weighted by molar-refractivity contribution is 7.91. The lowest BCUT2D eigenvalue weighted by molar-refractivity contribution is -0.118. The zero-order valence-corrected chi connectivity index (χ0v) is 17.4. The molecule has 0 atom stereocenters. The first-order valence-electron chi connectivity index (χ1n) is 9.14. The fourth-order valence-electron chi connectivity index (χ4n) is 3.12. The van der Waals surface area contributed by atoms with Crippen molar-refractivity contribution in [2.75, 3.05) is 17.7 Å². The molecule has 1 aliphatic carbocycles. The van der Waals surface area contributed by atoms with Crippen molar-refractivity contribution in [3.05, 3.63) is 40.9 Å². The van der Waals surface area contributed by atoms with Gasteiger partial charge in [-0.1, -0.05) is 18.0 Å². The second-order valence-corrected chi connectivity index (χ2v) is 9.53. The average Bonchev–Trinajstić information content (AvgIpc) is 2.62. The Morgan fingerprint density at radius 1 is 1.28 bits per heavy atom. The van der Waals surface area contributed by atoms with Crippen LogP contribution in [-0.4, -0.2) is 36.9 Å². The molecule has 2 aromatic carbocycles. The van der Waals surface area contributed by atoms with Gasteiger partial charge in [0.1, 0.15) is 28.8 Å². The number of rotatable bonds is 7. The lowest BCUT2D eigenvalue weighted by atomic mass is 9.87. The molecule has 0 aliphatic heterocycles. The molecule has 1 amide bonds. The molecule has 0 bridgehead atoms. The van der Waals surface area contributed by atoms with Gasteiger partial charge in [-0.05, 0) is 55.5 Å². The minimum absolute atomic E-state index is 0.00303. The van der Waals surface area contributed by atoms with Gasteiger partial charge < -0.3 is 20.3 Å². The fourth-order valence-corrected chi connectivity index (χ4v) is 5.24. The maximum absolute atomic E-state index is 12.7. The van der Waals surface area contributed by atoms with Crippen LogP contribution in [0.25, 0.3) is 0 Å². The number of phenols is 1. The molecule has 1 fully saturated rings. The molecule has 0 spiro atoms. The molecule has 156 valence electrons. The number of aryl methyl sites for hydroxylation is 1. The first kappa shape index (κ1) is 21.4. The van der Waals surface area contributed by atoms with E-state index >= 15 is 0 Å². The Morgan fingerprint density at radius 2 is 2.00 bits per heavy atom. The van der Waals surface area contributed by atoms with Gasteiger partial charge in [-0.2, -0.15) is 0 Å². The fraction of sp³-hybridized carbons (Fsp3) is 0.350. The number of carbonyl (C=O) groups is 1. The summed E-state index contributed by atoms with van der Waals surface area (Å²) in [6, 6.07) is 7.10. The van der Waals surface area contributed by atoms with Gasteiger partial charge >= 0.3 is 0 Å². The third-order valence-corrected chi connectivity index (χ3v) is 7.01. The van der Waals surface area contributed by atoms with Gasteiger partial charge in [0.2, 0.25) is 5.91 Å². The Labute approximate surface area is 174 Å². The van der Waals surface area contributed by atoms with E-state index in [1.54, 1.807) is 13.0 Å². The third kappa shape index (κ3) is 5.01. The molecule has 0 heterocycles. The molecule has 1 saturated carbocycles. The van der Waals surface area contributed by atoms with Crippen molar-refractivity contribution in [2.24, 2.45) is 5.92 Å². The number of benzene rings is 2. The first-order chi connectivity index (χ1) is 13.7. The number of aliphatic hydroxyl groups excluding tert-OH is 1. The molecule has 2 aromatic rings. The number of ether oxygens (including phenoxy) is 1. The molecular formula is C20H22ClNO6S. The smallest absolute Gasteiger partial charge is 0.250 e. The molecule has 29 heavy (non-hydrogen) atoms. The highest BCUT2D eigenvalue weighted by atomic mass is 35.5. The normalized spacial score (nSPS) is 14.3. The molecule has 0 unspecified atom stereocenters. The van der Waals surface area contributed by atoms with E-state index in [0.717, 1.165) is 19.3 Å². The van der Waals surface area contributed by atoms with Crippen LogP contribution in [-0.2, 0) is 14.6 Å². The number of aromatic hydroxyl groups is 1. The zero-order chi connectivity index (χ0) is 21.2. The number of halogens is 1. The van der Waals surface area contributed by atoms with Crippen molar-refractivity contribution in [2.45, 2.75) is 31.1 Å². The van der Waals surface area contributed by atoms with Crippen molar-refractivity contribution in [1.82, 2.24) is 0 Å². The summed E-state index contributed by atoms with van der Waals surface area (Å²) in [6.07, 6.45) is 2.79. The predicted octanol–water partition coefficient (Wildman–Crippen LogP) is 3.65. The quantitative estimate of drug-likeness (QED) is 0.606. The van der Waals surface area contributed by atoms with E-state index in [1.807, 2.05) is 0 Å². The summed E-state index contributed by atoms with van der Waals surface area (Å²) in [4.78, 5) is 11.2. The van der Waals surface area contributed by atoms with E-state index in [4.69, 9.17) is 21.4 Å². The summed E-state index contributed by atoms with van der Waals surface area (Å²) >= 11 is 6.26. The SMILES string of the molecule is Cc1cc(NC(=O)CO)cc(Cl)c1Oc1ccc(O)c(S(=O)(=O)CC2CCC2)c1. The summed E-state index contributed by atoms with van der Waals surface area (Å²) in [5, 5.41) is 21.6. The summed E-state index contributed by atoms with van der Waals surface area (Å²) < 4.78 is 31.1. The molecule has 1 aliphatic rings. The van der Waals surface area contributed by atoms with Crippen molar-refractivity contribution in [3.8, 4) is 17.2 Å². The van der Waals surface area contributed by atoms with Crippen LogP contribution in [0.15, 0.2) is 35.2 Å². The first-order valence-corrected chi connectivity index (χ1v) is 11.2. The Balaban J connectivity index is 1.86. The monoisotopic (exact) mass is 439 g/mol. The average molecular weight is 440 g/mol. The predicted molar refractivity (Wildman–Crippen MR) is 109 cm³/mol. The van der Waals surface area contributed by atoms with Gasteiger partial charge in [-0.25, -0.2) is 8.42 Å². The molecule has 0 radical (unpaired) electrons. The Bertz CT molecular complexity index is 1010.